The summed E-state index contributed by atoms with van der Waals surface area (Å²) in [6, 6.07) is 0. The fourth-order valence-corrected chi connectivity index (χ4v) is 2.28. The molecule has 0 saturated carbocycles. The maximum atomic E-state index is 13.6. The lowest BCUT2D eigenvalue weighted by Crippen LogP contribution is -2.59. The molecular formula is C11H16F4N2O2. The molecule has 2 fully saturated rings. The minimum absolute atomic E-state index is 0.0587. The van der Waals surface area contributed by atoms with Gasteiger partial charge in [-0.2, -0.15) is 0 Å². The van der Waals surface area contributed by atoms with Gasteiger partial charge in [0.25, 0.3) is 11.8 Å². The second kappa shape index (κ2) is 4.81. The molecule has 1 unspecified atom stereocenters. The molecule has 110 valence electrons. The Morgan fingerprint density at radius 3 is 2.42 bits per heavy atom. The maximum Gasteiger partial charge on any atom is 0.410 e. The fourth-order valence-electron chi connectivity index (χ4n) is 2.28. The van der Waals surface area contributed by atoms with Crippen molar-refractivity contribution in [1.29, 1.82) is 0 Å². The van der Waals surface area contributed by atoms with Crippen LogP contribution in [0.2, 0.25) is 0 Å². The zero-order chi connectivity index (χ0) is 14.3. The second-order valence-corrected chi connectivity index (χ2v) is 5.08. The number of amides is 1. The minimum Gasteiger partial charge on any atom is -0.438 e. The Morgan fingerprint density at radius 1 is 1.26 bits per heavy atom. The van der Waals surface area contributed by atoms with Crippen molar-refractivity contribution in [1.82, 2.24) is 9.80 Å². The van der Waals surface area contributed by atoms with Gasteiger partial charge in [-0.25, -0.2) is 22.4 Å². The van der Waals surface area contributed by atoms with Gasteiger partial charge in [0, 0.05) is 6.54 Å². The summed E-state index contributed by atoms with van der Waals surface area (Å²) in [5.41, 5.74) is 0. The SMILES string of the molecule is CCCN1CC(OC(=O)N2CC(F)(F)C2)C(F)(F)C1. The summed E-state index contributed by atoms with van der Waals surface area (Å²) in [7, 11) is 0. The number of nitrogens with zero attached hydrogens (tertiary/aromatic N) is 2. The number of halogens is 4. The highest BCUT2D eigenvalue weighted by atomic mass is 19.3. The third-order valence-electron chi connectivity index (χ3n) is 3.21. The molecule has 0 radical (unpaired) electrons. The van der Waals surface area contributed by atoms with E-state index in [9.17, 15) is 22.4 Å². The first-order valence-electron chi connectivity index (χ1n) is 6.17. The number of hydrogen-bond donors (Lipinski definition) is 0. The Bertz CT molecular complexity index is 357. The summed E-state index contributed by atoms with van der Waals surface area (Å²) in [5, 5.41) is 0. The first-order valence-corrected chi connectivity index (χ1v) is 6.17. The van der Waals surface area contributed by atoms with E-state index in [1.807, 2.05) is 6.92 Å². The van der Waals surface area contributed by atoms with E-state index in [0.29, 0.717) is 6.54 Å². The topological polar surface area (TPSA) is 32.8 Å². The number of carbonyl (C=O) groups is 1. The summed E-state index contributed by atoms with van der Waals surface area (Å²) in [6.45, 7) is 0.308. The van der Waals surface area contributed by atoms with Crippen molar-refractivity contribution in [3.05, 3.63) is 0 Å². The summed E-state index contributed by atoms with van der Waals surface area (Å²) in [6.07, 6.45) is -1.93. The second-order valence-electron chi connectivity index (χ2n) is 5.08. The molecule has 2 rings (SSSR count). The van der Waals surface area contributed by atoms with Crippen LogP contribution in [0, 0.1) is 0 Å². The number of rotatable bonds is 3. The van der Waals surface area contributed by atoms with Gasteiger partial charge in [0.15, 0.2) is 6.10 Å². The van der Waals surface area contributed by atoms with Crippen LogP contribution in [0.4, 0.5) is 22.4 Å². The monoisotopic (exact) mass is 284 g/mol. The van der Waals surface area contributed by atoms with Crippen LogP contribution in [0.3, 0.4) is 0 Å². The molecule has 0 spiro atoms. The molecule has 0 aromatic heterocycles. The maximum absolute atomic E-state index is 13.6. The largest absolute Gasteiger partial charge is 0.438 e. The predicted octanol–water partition coefficient (Wildman–Crippen LogP) is 1.80. The molecule has 0 bridgehead atoms. The van der Waals surface area contributed by atoms with Gasteiger partial charge in [-0.1, -0.05) is 6.92 Å². The van der Waals surface area contributed by atoms with Gasteiger partial charge in [0.05, 0.1) is 19.6 Å². The molecule has 19 heavy (non-hydrogen) atoms. The van der Waals surface area contributed by atoms with E-state index >= 15 is 0 Å². The van der Waals surface area contributed by atoms with E-state index in [2.05, 4.69) is 4.74 Å². The quantitative estimate of drug-likeness (QED) is 0.741. The van der Waals surface area contributed by atoms with Gasteiger partial charge in [-0.15, -0.1) is 0 Å². The summed E-state index contributed by atoms with van der Waals surface area (Å²) in [5.74, 6) is -6.05. The lowest BCUT2D eigenvalue weighted by atomic mass is 10.2. The lowest BCUT2D eigenvalue weighted by Gasteiger charge is -2.38. The van der Waals surface area contributed by atoms with Gasteiger partial charge in [0.2, 0.25) is 0 Å². The third kappa shape index (κ3) is 3.10. The number of ether oxygens (including phenoxy) is 1. The Morgan fingerprint density at radius 2 is 1.89 bits per heavy atom. The van der Waals surface area contributed by atoms with Crippen molar-refractivity contribution in [3.8, 4) is 0 Å². The zero-order valence-electron chi connectivity index (χ0n) is 10.5. The van der Waals surface area contributed by atoms with Crippen LogP contribution >= 0.6 is 0 Å². The normalized spacial score (nSPS) is 29.1. The molecular weight excluding hydrogens is 268 g/mol. The van der Waals surface area contributed by atoms with E-state index < -0.39 is 43.7 Å². The lowest BCUT2D eigenvalue weighted by molar-refractivity contribution is -0.135. The number of hydrogen-bond acceptors (Lipinski definition) is 3. The molecule has 0 aromatic rings. The molecule has 2 aliphatic rings. The summed E-state index contributed by atoms with van der Waals surface area (Å²) >= 11 is 0. The molecule has 8 heteroatoms. The first-order chi connectivity index (χ1) is 8.73. The number of carbonyl (C=O) groups excluding carboxylic acids is 1. The van der Waals surface area contributed by atoms with Crippen LogP contribution in [-0.4, -0.2) is 66.6 Å². The van der Waals surface area contributed by atoms with Crippen molar-refractivity contribution in [2.75, 3.05) is 32.7 Å². The van der Waals surface area contributed by atoms with Gasteiger partial charge < -0.3 is 4.74 Å². The van der Waals surface area contributed by atoms with Gasteiger partial charge in [0.1, 0.15) is 0 Å². The summed E-state index contributed by atoms with van der Waals surface area (Å²) < 4.78 is 57.0. The van der Waals surface area contributed by atoms with Gasteiger partial charge in [-0.05, 0) is 13.0 Å². The Labute approximate surface area is 108 Å². The van der Waals surface area contributed by atoms with Gasteiger partial charge >= 0.3 is 6.09 Å². The minimum atomic E-state index is -3.13. The van der Waals surface area contributed by atoms with Crippen LogP contribution in [0.1, 0.15) is 13.3 Å². The first kappa shape index (κ1) is 14.4. The average Bonchev–Trinajstić information content (AvgIpc) is 2.50. The van der Waals surface area contributed by atoms with E-state index in [1.54, 1.807) is 0 Å². The highest BCUT2D eigenvalue weighted by Gasteiger charge is 2.53. The van der Waals surface area contributed by atoms with Crippen LogP contribution in [0.25, 0.3) is 0 Å². The van der Waals surface area contributed by atoms with Crippen molar-refractivity contribution >= 4 is 6.09 Å². The van der Waals surface area contributed by atoms with Crippen molar-refractivity contribution < 1.29 is 27.1 Å². The van der Waals surface area contributed by atoms with Crippen molar-refractivity contribution in [2.24, 2.45) is 0 Å². The molecule has 0 N–H and O–H groups in total. The van der Waals surface area contributed by atoms with E-state index in [1.165, 1.54) is 4.90 Å². The highest BCUT2D eigenvalue weighted by Crippen LogP contribution is 2.32. The molecule has 2 saturated heterocycles. The molecule has 2 heterocycles. The molecule has 1 amide bonds. The smallest absolute Gasteiger partial charge is 0.410 e. The van der Waals surface area contributed by atoms with Crippen molar-refractivity contribution in [3.63, 3.8) is 0 Å². The van der Waals surface area contributed by atoms with E-state index in [4.69, 9.17) is 0 Å². The van der Waals surface area contributed by atoms with Crippen molar-refractivity contribution in [2.45, 2.75) is 31.3 Å². The highest BCUT2D eigenvalue weighted by molar-refractivity contribution is 5.69. The Balaban J connectivity index is 1.87. The van der Waals surface area contributed by atoms with E-state index in [0.717, 1.165) is 11.3 Å². The zero-order valence-corrected chi connectivity index (χ0v) is 10.5. The van der Waals surface area contributed by atoms with Gasteiger partial charge in [-0.3, -0.25) is 9.80 Å². The molecule has 0 aliphatic carbocycles. The predicted molar refractivity (Wildman–Crippen MR) is 58.5 cm³/mol. The Hall–Kier alpha value is -1.05. The van der Waals surface area contributed by atoms with Crippen LogP contribution < -0.4 is 0 Å². The standard InChI is InChI=1S/C11H16F4N2O2/c1-2-3-16-4-8(11(14,15)7-16)19-9(18)17-5-10(12,13)6-17/h8H,2-7H2,1H3. The van der Waals surface area contributed by atoms with Crippen LogP contribution in [0.15, 0.2) is 0 Å². The summed E-state index contributed by atoms with van der Waals surface area (Å²) in [4.78, 5) is 13.7. The van der Waals surface area contributed by atoms with Crippen LogP contribution in [0.5, 0.6) is 0 Å². The average molecular weight is 284 g/mol. The number of likely N-dealkylation sites (tertiary alicyclic amines) is 2. The Kier molecular flexibility index (Phi) is 3.63. The third-order valence-corrected chi connectivity index (χ3v) is 3.21. The molecule has 0 aromatic carbocycles. The molecule has 1 atom stereocenters. The molecule has 2 aliphatic heterocycles. The number of alkyl halides is 4. The molecule has 4 nitrogen and oxygen atoms in total. The fraction of sp³-hybridized carbons (Fsp3) is 0.909. The van der Waals surface area contributed by atoms with E-state index in [-0.39, 0.29) is 6.54 Å². The van der Waals surface area contributed by atoms with Crippen LogP contribution in [-0.2, 0) is 4.74 Å².